The summed E-state index contributed by atoms with van der Waals surface area (Å²) in [6.07, 6.45) is 1.15. The molecular formula is C8H9NS. The molecule has 0 fully saturated rings. The molecule has 0 aliphatic carbocycles. The van der Waals surface area contributed by atoms with Gasteiger partial charge >= 0.3 is 0 Å². The second-order valence-electron chi connectivity index (χ2n) is 2.55. The number of rotatable bonds is 0. The van der Waals surface area contributed by atoms with Gasteiger partial charge in [-0.1, -0.05) is 5.57 Å². The van der Waals surface area contributed by atoms with Gasteiger partial charge in [0, 0.05) is 6.54 Å². The van der Waals surface area contributed by atoms with Crippen molar-refractivity contribution >= 4 is 16.9 Å². The van der Waals surface area contributed by atoms with Crippen molar-refractivity contribution in [3.05, 3.63) is 21.3 Å². The van der Waals surface area contributed by atoms with Crippen LogP contribution in [0.5, 0.6) is 0 Å². The highest BCUT2D eigenvalue weighted by molar-refractivity contribution is 7.07. The van der Waals surface area contributed by atoms with E-state index in [4.69, 9.17) is 0 Å². The molecule has 1 aliphatic rings. The Morgan fingerprint density at radius 2 is 2.50 bits per heavy atom. The van der Waals surface area contributed by atoms with Crippen molar-refractivity contribution in [1.82, 2.24) is 0 Å². The Labute approximate surface area is 63.7 Å². The molecule has 2 heteroatoms. The van der Waals surface area contributed by atoms with Crippen molar-refractivity contribution in [2.45, 2.75) is 13.3 Å². The summed E-state index contributed by atoms with van der Waals surface area (Å²) in [7, 11) is 0. The molecule has 10 heavy (non-hydrogen) atoms. The third kappa shape index (κ3) is 0.797. The van der Waals surface area contributed by atoms with Crippen LogP contribution < -0.4 is 9.89 Å². The minimum atomic E-state index is 0.982. The standard InChI is InChI=1S/C8H9NS/c1-6-2-4-9-7-3-5-10-8(6)7/h3,5H,2,4H2,1H3. The zero-order valence-corrected chi connectivity index (χ0v) is 6.74. The molecule has 0 saturated heterocycles. The highest BCUT2D eigenvalue weighted by Crippen LogP contribution is 2.01. The average Bonchev–Trinajstić information content (AvgIpc) is 2.36. The molecule has 0 bridgehead atoms. The van der Waals surface area contributed by atoms with Gasteiger partial charge in [0.15, 0.2) is 0 Å². The largest absolute Gasteiger partial charge is 0.284 e. The summed E-state index contributed by atoms with van der Waals surface area (Å²) < 4.78 is 1.39. The highest BCUT2D eigenvalue weighted by Gasteiger charge is 1.99. The number of hydrogen-bond donors (Lipinski definition) is 0. The van der Waals surface area contributed by atoms with E-state index in [1.165, 1.54) is 15.5 Å². The van der Waals surface area contributed by atoms with Gasteiger partial charge in [-0.2, -0.15) is 0 Å². The number of thiophene rings is 1. The Kier molecular flexibility index (Phi) is 1.34. The van der Waals surface area contributed by atoms with Gasteiger partial charge in [0.1, 0.15) is 0 Å². The molecule has 1 aliphatic heterocycles. The molecule has 0 unspecified atom stereocenters. The topological polar surface area (TPSA) is 12.4 Å². The van der Waals surface area contributed by atoms with E-state index in [0.717, 1.165) is 13.0 Å². The van der Waals surface area contributed by atoms with Crippen molar-refractivity contribution in [2.24, 2.45) is 4.99 Å². The minimum Gasteiger partial charge on any atom is -0.284 e. The fourth-order valence-electron chi connectivity index (χ4n) is 1.20. The van der Waals surface area contributed by atoms with Crippen LogP contribution in [0.4, 0.5) is 0 Å². The van der Waals surface area contributed by atoms with Crippen LogP contribution in [0.1, 0.15) is 13.3 Å². The molecule has 0 saturated carbocycles. The second kappa shape index (κ2) is 2.20. The van der Waals surface area contributed by atoms with Gasteiger partial charge in [-0.15, -0.1) is 11.3 Å². The molecule has 2 heterocycles. The smallest absolute Gasteiger partial charge is 0.0753 e. The van der Waals surface area contributed by atoms with Crippen molar-refractivity contribution < 1.29 is 0 Å². The van der Waals surface area contributed by atoms with Crippen LogP contribution in [-0.4, -0.2) is 6.54 Å². The van der Waals surface area contributed by atoms with Gasteiger partial charge in [-0.05, 0) is 24.8 Å². The van der Waals surface area contributed by atoms with Crippen LogP contribution in [-0.2, 0) is 0 Å². The molecule has 0 amide bonds. The van der Waals surface area contributed by atoms with E-state index in [-0.39, 0.29) is 0 Å². The first kappa shape index (κ1) is 6.10. The van der Waals surface area contributed by atoms with Crippen LogP contribution in [0.25, 0.3) is 5.57 Å². The maximum atomic E-state index is 4.39. The quantitative estimate of drug-likeness (QED) is 0.523. The summed E-state index contributed by atoms with van der Waals surface area (Å²) in [5, 5.41) is 3.32. The summed E-state index contributed by atoms with van der Waals surface area (Å²) >= 11 is 1.80. The summed E-state index contributed by atoms with van der Waals surface area (Å²) in [6.45, 7) is 3.18. The van der Waals surface area contributed by atoms with Crippen molar-refractivity contribution in [3.63, 3.8) is 0 Å². The van der Waals surface area contributed by atoms with Crippen molar-refractivity contribution in [1.29, 1.82) is 0 Å². The SMILES string of the molecule is CC1=c2sccc2=NCC1. The van der Waals surface area contributed by atoms with Crippen LogP contribution in [0.3, 0.4) is 0 Å². The van der Waals surface area contributed by atoms with Gasteiger partial charge in [0.25, 0.3) is 0 Å². The molecular weight excluding hydrogens is 142 g/mol. The first-order valence-electron chi connectivity index (χ1n) is 3.46. The summed E-state index contributed by atoms with van der Waals surface area (Å²) in [5.74, 6) is 0. The molecule has 52 valence electrons. The van der Waals surface area contributed by atoms with E-state index in [9.17, 15) is 0 Å². The van der Waals surface area contributed by atoms with Gasteiger partial charge in [-0.25, -0.2) is 0 Å². The first-order valence-corrected chi connectivity index (χ1v) is 4.33. The molecule has 0 radical (unpaired) electrons. The Bertz CT molecular complexity index is 348. The van der Waals surface area contributed by atoms with Crippen LogP contribution >= 0.6 is 11.3 Å². The maximum absolute atomic E-state index is 4.39. The van der Waals surface area contributed by atoms with Crippen LogP contribution in [0.2, 0.25) is 0 Å². The normalized spacial score (nSPS) is 16.3. The van der Waals surface area contributed by atoms with Crippen molar-refractivity contribution in [2.75, 3.05) is 6.54 Å². The third-order valence-corrected chi connectivity index (χ3v) is 2.87. The van der Waals surface area contributed by atoms with E-state index in [0.29, 0.717) is 0 Å². The maximum Gasteiger partial charge on any atom is 0.0753 e. The fourth-order valence-corrected chi connectivity index (χ4v) is 2.09. The minimum absolute atomic E-state index is 0.982. The molecule has 1 aromatic heterocycles. The highest BCUT2D eigenvalue weighted by atomic mass is 32.1. The summed E-state index contributed by atoms with van der Waals surface area (Å²) in [5.41, 5.74) is 1.50. The summed E-state index contributed by atoms with van der Waals surface area (Å²) in [6, 6.07) is 2.10. The van der Waals surface area contributed by atoms with E-state index >= 15 is 0 Å². The molecule has 0 atom stereocenters. The third-order valence-electron chi connectivity index (χ3n) is 1.80. The Hall–Kier alpha value is -0.630. The van der Waals surface area contributed by atoms with E-state index in [2.05, 4.69) is 23.4 Å². The molecule has 1 nitrogen and oxygen atoms in total. The van der Waals surface area contributed by atoms with E-state index < -0.39 is 0 Å². The van der Waals surface area contributed by atoms with E-state index in [1.54, 1.807) is 11.3 Å². The lowest BCUT2D eigenvalue weighted by atomic mass is 10.2. The predicted octanol–water partition coefficient (Wildman–Crippen LogP) is 0.942. The Balaban J connectivity index is 2.91. The van der Waals surface area contributed by atoms with Crippen molar-refractivity contribution in [3.8, 4) is 0 Å². The number of hydrogen-bond acceptors (Lipinski definition) is 2. The number of fused-ring (bicyclic) bond motifs is 1. The van der Waals surface area contributed by atoms with Gasteiger partial charge in [0.2, 0.25) is 0 Å². The van der Waals surface area contributed by atoms with Crippen LogP contribution in [0.15, 0.2) is 16.4 Å². The fraction of sp³-hybridized carbons (Fsp3) is 0.375. The lowest BCUT2D eigenvalue weighted by molar-refractivity contribution is 0.943. The molecule has 2 rings (SSSR count). The average molecular weight is 151 g/mol. The molecule has 0 N–H and O–H groups in total. The lowest BCUT2D eigenvalue weighted by Gasteiger charge is -1.99. The predicted molar refractivity (Wildman–Crippen MR) is 43.7 cm³/mol. The molecule has 1 aromatic rings. The zero-order chi connectivity index (χ0) is 6.97. The Morgan fingerprint density at radius 1 is 1.60 bits per heavy atom. The van der Waals surface area contributed by atoms with Gasteiger partial charge in [0.05, 0.1) is 9.89 Å². The number of nitrogens with zero attached hydrogens (tertiary/aromatic N) is 1. The van der Waals surface area contributed by atoms with E-state index in [1.807, 2.05) is 0 Å². The van der Waals surface area contributed by atoms with Crippen LogP contribution in [0, 0.1) is 0 Å². The second-order valence-corrected chi connectivity index (χ2v) is 3.46. The lowest BCUT2D eigenvalue weighted by Crippen LogP contribution is -2.24. The monoisotopic (exact) mass is 151 g/mol. The molecule has 0 aromatic carbocycles. The zero-order valence-electron chi connectivity index (χ0n) is 5.92. The van der Waals surface area contributed by atoms with Gasteiger partial charge in [-0.3, -0.25) is 4.99 Å². The summed E-state index contributed by atoms with van der Waals surface area (Å²) in [4.78, 5) is 4.39. The Morgan fingerprint density at radius 3 is 3.30 bits per heavy atom. The molecule has 0 spiro atoms. The van der Waals surface area contributed by atoms with Gasteiger partial charge < -0.3 is 0 Å². The first-order chi connectivity index (χ1) is 4.88.